The number of ether oxygens (including phenoxy) is 1. The monoisotopic (exact) mass is 416 g/mol. The minimum atomic E-state index is -0.929. The summed E-state index contributed by atoms with van der Waals surface area (Å²) in [7, 11) is 0. The van der Waals surface area contributed by atoms with Crippen LogP contribution in [0.15, 0.2) is 84.9 Å². The third kappa shape index (κ3) is 6.54. The molecule has 1 atom stereocenters. The molecule has 0 aromatic heterocycles. The Hall–Kier alpha value is -3.93. The maximum absolute atomic E-state index is 12.7. The molecule has 2 N–H and O–H groups in total. The van der Waals surface area contributed by atoms with Gasteiger partial charge in [0, 0.05) is 17.7 Å². The highest BCUT2D eigenvalue weighted by atomic mass is 16.5. The molecule has 158 valence electrons. The maximum atomic E-state index is 12.7. The number of nitrogens with one attached hydrogen (secondary N) is 2. The lowest BCUT2D eigenvalue weighted by molar-refractivity contribution is -0.149. The zero-order valence-corrected chi connectivity index (χ0v) is 17.2. The van der Waals surface area contributed by atoms with E-state index in [1.54, 1.807) is 36.4 Å². The van der Waals surface area contributed by atoms with Crippen LogP contribution in [0.4, 0.5) is 5.69 Å². The van der Waals surface area contributed by atoms with Crippen molar-refractivity contribution >= 4 is 23.5 Å². The molecule has 0 saturated heterocycles. The van der Waals surface area contributed by atoms with Crippen LogP contribution in [-0.2, 0) is 20.7 Å². The molecule has 0 radical (unpaired) electrons. The highest BCUT2D eigenvalue weighted by Crippen LogP contribution is 2.13. The van der Waals surface area contributed by atoms with E-state index in [0.29, 0.717) is 11.3 Å². The molecule has 6 heteroatoms. The number of rotatable bonds is 8. The number of carbonyl (C=O) groups excluding carboxylic acids is 3. The number of aryl methyl sites for hydroxylation is 1. The van der Waals surface area contributed by atoms with Gasteiger partial charge in [0.1, 0.15) is 6.04 Å². The van der Waals surface area contributed by atoms with E-state index in [9.17, 15) is 14.4 Å². The molecule has 0 heterocycles. The molecule has 3 rings (SSSR count). The second kappa shape index (κ2) is 10.7. The number of carbonyl (C=O) groups is 3. The lowest BCUT2D eigenvalue weighted by atomic mass is 10.1. The van der Waals surface area contributed by atoms with Crippen LogP contribution in [0.25, 0.3) is 0 Å². The van der Waals surface area contributed by atoms with Gasteiger partial charge in [-0.05, 0) is 36.2 Å². The molecule has 0 aliphatic heterocycles. The average molecular weight is 416 g/mol. The smallest absolute Gasteiger partial charge is 0.329 e. The molecule has 3 aromatic rings. The van der Waals surface area contributed by atoms with E-state index < -0.39 is 24.5 Å². The number of hydrogen-bond acceptors (Lipinski definition) is 4. The summed E-state index contributed by atoms with van der Waals surface area (Å²) in [6, 6.07) is 24.3. The van der Waals surface area contributed by atoms with Gasteiger partial charge in [0.2, 0.25) is 0 Å². The summed E-state index contributed by atoms with van der Waals surface area (Å²) in [4.78, 5) is 37.5. The highest BCUT2D eigenvalue weighted by molar-refractivity contribution is 5.97. The molecule has 0 aliphatic rings. The predicted molar refractivity (Wildman–Crippen MR) is 119 cm³/mol. The number of amides is 2. The zero-order valence-electron chi connectivity index (χ0n) is 17.2. The molecule has 3 aromatic carbocycles. The van der Waals surface area contributed by atoms with Gasteiger partial charge >= 0.3 is 5.97 Å². The quantitative estimate of drug-likeness (QED) is 0.551. The molecule has 2 amide bonds. The van der Waals surface area contributed by atoms with Crippen LogP contribution in [-0.4, -0.2) is 30.4 Å². The van der Waals surface area contributed by atoms with Crippen LogP contribution < -0.4 is 10.6 Å². The van der Waals surface area contributed by atoms with Crippen molar-refractivity contribution in [2.24, 2.45) is 0 Å². The van der Waals surface area contributed by atoms with Gasteiger partial charge in [0.05, 0.1) is 0 Å². The van der Waals surface area contributed by atoms with Gasteiger partial charge < -0.3 is 15.4 Å². The minimum absolute atomic E-state index is 0.248. The average Bonchev–Trinajstić information content (AvgIpc) is 2.80. The minimum Gasteiger partial charge on any atom is -0.454 e. The number of para-hydroxylation sites is 1. The Morgan fingerprint density at radius 2 is 1.45 bits per heavy atom. The van der Waals surface area contributed by atoms with E-state index in [-0.39, 0.29) is 12.3 Å². The van der Waals surface area contributed by atoms with Crippen molar-refractivity contribution in [3.8, 4) is 0 Å². The van der Waals surface area contributed by atoms with Crippen molar-refractivity contribution in [3.05, 3.63) is 102 Å². The number of esters is 1. The Balaban J connectivity index is 1.64. The molecular formula is C25H24N2O4. The molecule has 0 unspecified atom stereocenters. The molecule has 0 bridgehead atoms. The molecule has 0 fully saturated rings. The highest BCUT2D eigenvalue weighted by Gasteiger charge is 2.24. The van der Waals surface area contributed by atoms with Crippen molar-refractivity contribution < 1.29 is 19.1 Å². The normalized spacial score (nSPS) is 11.3. The van der Waals surface area contributed by atoms with Crippen molar-refractivity contribution in [1.82, 2.24) is 5.32 Å². The summed E-state index contributed by atoms with van der Waals surface area (Å²) in [5.41, 5.74) is 2.86. The summed E-state index contributed by atoms with van der Waals surface area (Å²) in [6.45, 7) is 1.43. The summed E-state index contributed by atoms with van der Waals surface area (Å²) in [5.74, 6) is -1.51. The van der Waals surface area contributed by atoms with Crippen LogP contribution in [0, 0.1) is 6.92 Å². The van der Waals surface area contributed by atoms with Crippen LogP contribution in [0.3, 0.4) is 0 Å². The Labute approximate surface area is 181 Å². The Kier molecular flexibility index (Phi) is 7.54. The summed E-state index contributed by atoms with van der Waals surface area (Å²) in [5, 5.41) is 5.44. The van der Waals surface area contributed by atoms with Crippen LogP contribution in [0.2, 0.25) is 0 Å². The standard InChI is InChI=1S/C25H24N2O4/c1-18-10-8-9-15-21(18)26-23(28)17-31-25(30)22(16-19-11-4-2-5-12-19)27-24(29)20-13-6-3-7-14-20/h2-15,22H,16-17H2,1H3,(H,26,28)(H,27,29)/t22-/m0/s1. The van der Waals surface area contributed by atoms with Crippen molar-refractivity contribution in [1.29, 1.82) is 0 Å². The molecular weight excluding hydrogens is 392 g/mol. The summed E-state index contributed by atoms with van der Waals surface area (Å²) in [6.07, 6.45) is 0.248. The first-order valence-electron chi connectivity index (χ1n) is 9.95. The lowest BCUT2D eigenvalue weighted by Crippen LogP contribution is -2.44. The topological polar surface area (TPSA) is 84.5 Å². The number of benzene rings is 3. The van der Waals surface area contributed by atoms with Crippen molar-refractivity contribution in [2.75, 3.05) is 11.9 Å². The van der Waals surface area contributed by atoms with E-state index in [2.05, 4.69) is 10.6 Å². The van der Waals surface area contributed by atoms with Crippen LogP contribution in [0.1, 0.15) is 21.5 Å². The summed E-state index contributed by atoms with van der Waals surface area (Å²) >= 11 is 0. The third-order valence-electron chi connectivity index (χ3n) is 4.67. The van der Waals surface area contributed by atoms with Crippen molar-refractivity contribution in [3.63, 3.8) is 0 Å². The molecule has 6 nitrogen and oxygen atoms in total. The van der Waals surface area contributed by atoms with E-state index in [1.165, 1.54) is 0 Å². The van der Waals surface area contributed by atoms with Crippen molar-refractivity contribution in [2.45, 2.75) is 19.4 Å². The first-order valence-corrected chi connectivity index (χ1v) is 9.95. The van der Waals surface area contributed by atoms with E-state index in [0.717, 1.165) is 11.1 Å². The Bertz CT molecular complexity index is 1040. The first kappa shape index (κ1) is 21.8. The fourth-order valence-corrected chi connectivity index (χ4v) is 3.01. The summed E-state index contributed by atoms with van der Waals surface area (Å²) < 4.78 is 5.22. The Morgan fingerprint density at radius 3 is 2.13 bits per heavy atom. The maximum Gasteiger partial charge on any atom is 0.329 e. The molecule has 0 spiro atoms. The van der Waals surface area contributed by atoms with E-state index in [1.807, 2.05) is 55.5 Å². The zero-order chi connectivity index (χ0) is 22.1. The van der Waals surface area contributed by atoms with Crippen LogP contribution in [0.5, 0.6) is 0 Å². The van der Waals surface area contributed by atoms with Gasteiger partial charge in [-0.1, -0.05) is 66.7 Å². The van der Waals surface area contributed by atoms with Gasteiger partial charge in [-0.3, -0.25) is 9.59 Å². The fourth-order valence-electron chi connectivity index (χ4n) is 3.01. The van der Waals surface area contributed by atoms with Gasteiger partial charge in [0.15, 0.2) is 6.61 Å². The second-order valence-corrected chi connectivity index (χ2v) is 7.05. The molecule has 0 aliphatic carbocycles. The predicted octanol–water partition coefficient (Wildman–Crippen LogP) is 3.52. The van der Waals surface area contributed by atoms with Gasteiger partial charge in [-0.25, -0.2) is 4.79 Å². The first-order chi connectivity index (χ1) is 15.0. The van der Waals surface area contributed by atoms with E-state index >= 15 is 0 Å². The molecule has 31 heavy (non-hydrogen) atoms. The fraction of sp³-hybridized carbons (Fsp3) is 0.160. The van der Waals surface area contributed by atoms with Gasteiger partial charge in [0.25, 0.3) is 11.8 Å². The lowest BCUT2D eigenvalue weighted by Gasteiger charge is -2.18. The SMILES string of the molecule is Cc1ccccc1NC(=O)COC(=O)[C@H](Cc1ccccc1)NC(=O)c1ccccc1. The number of anilines is 1. The second-order valence-electron chi connectivity index (χ2n) is 7.05. The number of hydrogen-bond donors (Lipinski definition) is 2. The van der Waals surface area contributed by atoms with Gasteiger partial charge in [-0.15, -0.1) is 0 Å². The van der Waals surface area contributed by atoms with Crippen LogP contribution >= 0.6 is 0 Å². The van der Waals surface area contributed by atoms with E-state index in [4.69, 9.17) is 4.74 Å². The molecule has 0 saturated carbocycles. The largest absolute Gasteiger partial charge is 0.454 e. The Morgan fingerprint density at radius 1 is 0.839 bits per heavy atom. The van der Waals surface area contributed by atoms with Gasteiger partial charge in [-0.2, -0.15) is 0 Å². The third-order valence-corrected chi connectivity index (χ3v) is 4.67.